The Bertz CT molecular complexity index is 1240. The molecule has 1 aliphatic heterocycles. The smallest absolute Gasteiger partial charge is 0.411 e. The Morgan fingerprint density at radius 1 is 1.14 bits per heavy atom. The van der Waals surface area contributed by atoms with Crippen LogP contribution in [0.1, 0.15) is 51.2 Å². The normalized spacial score (nSPS) is 21.4. The number of benzene rings is 2. The number of rotatable bonds is 5. The Hall–Kier alpha value is -3.91. The maximum Gasteiger partial charge on any atom is 0.411 e. The molecule has 4 rings (SSSR count). The van der Waals surface area contributed by atoms with Crippen LogP contribution in [0.15, 0.2) is 42.5 Å². The second-order valence-corrected chi connectivity index (χ2v) is 10.5. The molecule has 1 aliphatic carbocycles. The Morgan fingerprint density at radius 3 is 2.44 bits per heavy atom. The van der Waals surface area contributed by atoms with E-state index in [2.05, 4.69) is 11.4 Å². The first-order valence-corrected chi connectivity index (χ1v) is 12.1. The van der Waals surface area contributed by atoms with Crippen molar-refractivity contribution in [3.63, 3.8) is 0 Å². The fraction of sp³-hybridized carbons (Fsp3) is 0.429. The number of fused-ring (bicyclic) bond motifs is 2. The molecule has 2 amide bonds. The summed E-state index contributed by atoms with van der Waals surface area (Å²) in [7, 11) is 0. The highest BCUT2D eigenvalue weighted by molar-refractivity contribution is 5.87. The number of halogens is 1. The SMILES string of the molecule is CC(C)(C)OC(=O)N1[C@@H]2CC[C@@H](C2)[C@H]1C(=O)N[C@@H](C#N)Cc1ccc(-c2ccc(C#N)c(F)c2)cc1. The lowest BCUT2D eigenvalue weighted by atomic mass is 9.97. The molecule has 0 aromatic heterocycles. The van der Waals surface area contributed by atoms with E-state index in [-0.39, 0.29) is 29.9 Å². The van der Waals surface area contributed by atoms with Gasteiger partial charge in [-0.3, -0.25) is 9.69 Å². The first-order valence-electron chi connectivity index (χ1n) is 12.1. The molecular formula is C28H29FN4O3. The molecule has 186 valence electrons. The molecule has 1 N–H and O–H groups in total. The van der Waals surface area contributed by atoms with E-state index in [1.165, 1.54) is 12.1 Å². The van der Waals surface area contributed by atoms with Crippen molar-refractivity contribution in [3.05, 3.63) is 59.4 Å². The van der Waals surface area contributed by atoms with Crippen LogP contribution in [0.4, 0.5) is 9.18 Å². The van der Waals surface area contributed by atoms with Gasteiger partial charge >= 0.3 is 6.09 Å². The molecule has 0 radical (unpaired) electrons. The van der Waals surface area contributed by atoms with Gasteiger partial charge in [0, 0.05) is 12.5 Å². The fourth-order valence-electron chi connectivity index (χ4n) is 5.14. The van der Waals surface area contributed by atoms with Crippen LogP contribution in [-0.4, -0.2) is 40.6 Å². The van der Waals surface area contributed by atoms with Crippen molar-refractivity contribution in [2.24, 2.45) is 5.92 Å². The number of hydrogen-bond donors (Lipinski definition) is 1. The zero-order valence-corrected chi connectivity index (χ0v) is 20.6. The van der Waals surface area contributed by atoms with E-state index < -0.39 is 29.6 Å². The van der Waals surface area contributed by atoms with Gasteiger partial charge < -0.3 is 10.1 Å². The van der Waals surface area contributed by atoms with Crippen molar-refractivity contribution in [2.75, 3.05) is 0 Å². The minimum absolute atomic E-state index is 0.0105. The Kier molecular flexibility index (Phi) is 6.99. The third-order valence-electron chi connectivity index (χ3n) is 6.75. The minimum Gasteiger partial charge on any atom is -0.444 e. The number of nitriles is 2. The molecule has 2 aliphatic rings. The summed E-state index contributed by atoms with van der Waals surface area (Å²) < 4.78 is 19.5. The van der Waals surface area contributed by atoms with Crippen LogP contribution in [0, 0.1) is 34.4 Å². The predicted molar refractivity (Wildman–Crippen MR) is 131 cm³/mol. The van der Waals surface area contributed by atoms with Crippen LogP contribution in [-0.2, 0) is 16.0 Å². The maximum absolute atomic E-state index is 14.0. The van der Waals surface area contributed by atoms with Crippen molar-refractivity contribution in [1.29, 1.82) is 10.5 Å². The van der Waals surface area contributed by atoms with E-state index in [0.717, 1.165) is 30.4 Å². The van der Waals surface area contributed by atoms with Gasteiger partial charge in [0.05, 0.1) is 11.6 Å². The highest BCUT2D eigenvalue weighted by atomic mass is 19.1. The van der Waals surface area contributed by atoms with Crippen LogP contribution >= 0.6 is 0 Å². The molecule has 2 bridgehead atoms. The summed E-state index contributed by atoms with van der Waals surface area (Å²) in [4.78, 5) is 27.6. The molecule has 8 heteroatoms. The van der Waals surface area contributed by atoms with Crippen LogP contribution in [0.3, 0.4) is 0 Å². The molecule has 1 saturated carbocycles. The van der Waals surface area contributed by atoms with Crippen molar-refractivity contribution < 1.29 is 18.7 Å². The lowest BCUT2D eigenvalue weighted by Crippen LogP contribution is -2.55. The monoisotopic (exact) mass is 488 g/mol. The van der Waals surface area contributed by atoms with E-state index >= 15 is 0 Å². The van der Waals surface area contributed by atoms with Gasteiger partial charge in [-0.15, -0.1) is 0 Å². The quantitative estimate of drug-likeness (QED) is 0.656. The van der Waals surface area contributed by atoms with Gasteiger partial charge in [-0.1, -0.05) is 30.3 Å². The summed E-state index contributed by atoms with van der Waals surface area (Å²) in [5, 5.41) is 21.4. The number of carbonyl (C=O) groups excluding carboxylic acids is 2. The molecule has 0 unspecified atom stereocenters. The molecule has 1 heterocycles. The lowest BCUT2D eigenvalue weighted by molar-refractivity contribution is -0.128. The molecule has 4 atom stereocenters. The van der Waals surface area contributed by atoms with E-state index in [4.69, 9.17) is 10.00 Å². The van der Waals surface area contributed by atoms with Crippen LogP contribution < -0.4 is 5.32 Å². The number of likely N-dealkylation sites (tertiary alicyclic amines) is 1. The van der Waals surface area contributed by atoms with Crippen molar-refractivity contribution in [1.82, 2.24) is 10.2 Å². The van der Waals surface area contributed by atoms with Crippen molar-refractivity contribution in [3.8, 4) is 23.3 Å². The predicted octanol–water partition coefficient (Wildman–Crippen LogP) is 4.70. The van der Waals surface area contributed by atoms with Crippen molar-refractivity contribution >= 4 is 12.0 Å². The second kappa shape index (κ2) is 9.99. The molecule has 0 spiro atoms. The van der Waals surface area contributed by atoms with Gasteiger partial charge in [0.1, 0.15) is 29.6 Å². The molecule has 2 fully saturated rings. The van der Waals surface area contributed by atoms with Gasteiger partial charge in [0.25, 0.3) is 0 Å². The minimum atomic E-state index is -0.768. The molecule has 2 aromatic carbocycles. The Balaban J connectivity index is 1.42. The Labute approximate surface area is 210 Å². The average Bonchev–Trinajstić information content (AvgIpc) is 3.45. The lowest BCUT2D eigenvalue weighted by Gasteiger charge is -2.35. The second-order valence-electron chi connectivity index (χ2n) is 10.5. The number of hydrogen-bond acceptors (Lipinski definition) is 5. The summed E-state index contributed by atoms with van der Waals surface area (Å²) in [5.41, 5.74) is 1.57. The summed E-state index contributed by atoms with van der Waals surface area (Å²) >= 11 is 0. The van der Waals surface area contributed by atoms with E-state index in [9.17, 15) is 19.2 Å². The van der Waals surface area contributed by atoms with Crippen LogP contribution in [0.25, 0.3) is 11.1 Å². The number of piperidine rings is 1. The van der Waals surface area contributed by atoms with Crippen molar-refractivity contribution in [2.45, 2.75) is 70.2 Å². The molecule has 36 heavy (non-hydrogen) atoms. The summed E-state index contributed by atoms with van der Waals surface area (Å²) in [6, 6.07) is 14.3. The van der Waals surface area contributed by atoms with Gasteiger partial charge in [-0.2, -0.15) is 10.5 Å². The molecule has 1 saturated heterocycles. The van der Waals surface area contributed by atoms with E-state index in [1.54, 1.807) is 37.8 Å². The van der Waals surface area contributed by atoms with Gasteiger partial charge in [0.15, 0.2) is 0 Å². The van der Waals surface area contributed by atoms with Crippen LogP contribution in [0.5, 0.6) is 0 Å². The third-order valence-corrected chi connectivity index (χ3v) is 6.75. The number of carbonyl (C=O) groups is 2. The molecule has 7 nitrogen and oxygen atoms in total. The zero-order valence-electron chi connectivity index (χ0n) is 20.6. The largest absolute Gasteiger partial charge is 0.444 e. The number of ether oxygens (including phenoxy) is 1. The highest BCUT2D eigenvalue weighted by Crippen LogP contribution is 2.43. The van der Waals surface area contributed by atoms with Crippen LogP contribution in [0.2, 0.25) is 0 Å². The Morgan fingerprint density at radius 2 is 1.83 bits per heavy atom. The summed E-state index contributed by atoms with van der Waals surface area (Å²) in [5.74, 6) is -0.842. The number of amides is 2. The van der Waals surface area contributed by atoms with Gasteiger partial charge in [-0.25, -0.2) is 9.18 Å². The van der Waals surface area contributed by atoms with E-state index in [1.807, 2.05) is 24.3 Å². The number of nitrogens with zero attached hydrogens (tertiary/aromatic N) is 3. The fourth-order valence-corrected chi connectivity index (χ4v) is 5.14. The standard InChI is InChI=1S/C28H29FN4O3/c1-28(2,3)36-27(35)33-23-11-10-20(13-23)25(33)26(34)32-22(16-31)12-17-4-6-18(7-5-17)19-8-9-21(15-30)24(29)14-19/h4-9,14,20,22-23,25H,10-13H2,1-3H3,(H,32,34)/t20-,22+,23+,25-/m0/s1. The molecule has 2 aromatic rings. The number of nitrogens with one attached hydrogen (secondary N) is 1. The van der Waals surface area contributed by atoms with Gasteiger partial charge in [0.2, 0.25) is 5.91 Å². The summed E-state index contributed by atoms with van der Waals surface area (Å²) in [6.45, 7) is 5.38. The average molecular weight is 489 g/mol. The topological polar surface area (TPSA) is 106 Å². The first kappa shape index (κ1) is 25.2. The van der Waals surface area contributed by atoms with Gasteiger partial charge in [-0.05, 0) is 74.8 Å². The summed E-state index contributed by atoms with van der Waals surface area (Å²) in [6.07, 6.45) is 2.29. The first-order chi connectivity index (χ1) is 17.1. The zero-order chi connectivity index (χ0) is 26.0. The maximum atomic E-state index is 14.0. The molecular weight excluding hydrogens is 459 g/mol. The third kappa shape index (κ3) is 5.33. The van der Waals surface area contributed by atoms with E-state index in [0.29, 0.717) is 5.56 Å². The highest BCUT2D eigenvalue weighted by Gasteiger charge is 2.52.